The third-order valence-corrected chi connectivity index (χ3v) is 3.14. The number of carboxylic acids is 1. The maximum absolute atomic E-state index is 11.1. The molecule has 0 aliphatic heterocycles. The Morgan fingerprint density at radius 2 is 2.30 bits per heavy atom. The standard InChI is InChI=1S/C15H20N2O3/c1-10(2)6-12(15(18)19)8-16-9-13-7-11-4-3-5-17-14(11)20-13/h3-5,7,10,12,16H,6,8-9H2,1-2H3,(H,18,19). The van der Waals surface area contributed by atoms with Gasteiger partial charge >= 0.3 is 5.97 Å². The third-order valence-electron chi connectivity index (χ3n) is 3.14. The van der Waals surface area contributed by atoms with Gasteiger partial charge in [-0.15, -0.1) is 0 Å². The number of furan rings is 1. The Balaban J connectivity index is 1.89. The fourth-order valence-corrected chi connectivity index (χ4v) is 2.22. The van der Waals surface area contributed by atoms with E-state index in [0.29, 0.717) is 31.1 Å². The first kappa shape index (κ1) is 14.5. The van der Waals surface area contributed by atoms with Gasteiger partial charge in [-0.05, 0) is 30.5 Å². The molecule has 5 nitrogen and oxygen atoms in total. The number of carboxylic acid groups (broad SMARTS) is 1. The molecular weight excluding hydrogens is 256 g/mol. The minimum absolute atomic E-state index is 0.363. The second-order valence-electron chi connectivity index (χ2n) is 5.41. The Labute approximate surface area is 118 Å². The van der Waals surface area contributed by atoms with Crippen LogP contribution < -0.4 is 5.32 Å². The normalized spacial score (nSPS) is 12.9. The van der Waals surface area contributed by atoms with Crippen LogP contribution in [0.15, 0.2) is 28.8 Å². The number of nitrogens with zero attached hydrogens (tertiary/aromatic N) is 1. The van der Waals surface area contributed by atoms with Crippen LogP contribution in [0.3, 0.4) is 0 Å². The fraction of sp³-hybridized carbons (Fsp3) is 0.467. The van der Waals surface area contributed by atoms with Gasteiger partial charge in [0.05, 0.1) is 12.5 Å². The number of nitrogens with one attached hydrogen (secondary N) is 1. The second kappa shape index (κ2) is 6.52. The molecule has 0 bridgehead atoms. The molecule has 2 heterocycles. The van der Waals surface area contributed by atoms with E-state index in [4.69, 9.17) is 9.52 Å². The molecule has 0 saturated carbocycles. The first-order valence-corrected chi connectivity index (χ1v) is 6.83. The summed E-state index contributed by atoms with van der Waals surface area (Å²) in [5.41, 5.74) is 0.612. The van der Waals surface area contributed by atoms with E-state index in [2.05, 4.69) is 10.3 Å². The van der Waals surface area contributed by atoms with Crippen molar-refractivity contribution >= 4 is 17.1 Å². The summed E-state index contributed by atoms with van der Waals surface area (Å²) >= 11 is 0. The molecule has 5 heteroatoms. The highest BCUT2D eigenvalue weighted by Gasteiger charge is 2.18. The zero-order valence-corrected chi connectivity index (χ0v) is 11.8. The van der Waals surface area contributed by atoms with Gasteiger partial charge in [0, 0.05) is 18.1 Å². The van der Waals surface area contributed by atoms with Gasteiger partial charge < -0.3 is 14.8 Å². The van der Waals surface area contributed by atoms with Crippen molar-refractivity contribution in [2.75, 3.05) is 6.54 Å². The van der Waals surface area contributed by atoms with E-state index in [-0.39, 0.29) is 5.92 Å². The summed E-state index contributed by atoms with van der Waals surface area (Å²) in [4.78, 5) is 15.3. The third kappa shape index (κ3) is 3.81. The lowest BCUT2D eigenvalue weighted by Gasteiger charge is -2.14. The monoisotopic (exact) mass is 276 g/mol. The molecular formula is C15H20N2O3. The van der Waals surface area contributed by atoms with E-state index in [0.717, 1.165) is 11.1 Å². The van der Waals surface area contributed by atoms with Crippen molar-refractivity contribution < 1.29 is 14.3 Å². The summed E-state index contributed by atoms with van der Waals surface area (Å²) in [5.74, 6) is 0.0238. The van der Waals surface area contributed by atoms with Gasteiger partial charge in [0.2, 0.25) is 5.71 Å². The van der Waals surface area contributed by atoms with Gasteiger partial charge in [-0.2, -0.15) is 0 Å². The Hall–Kier alpha value is -1.88. The van der Waals surface area contributed by atoms with Crippen molar-refractivity contribution in [1.29, 1.82) is 0 Å². The summed E-state index contributed by atoms with van der Waals surface area (Å²) in [6.45, 7) is 5.01. The summed E-state index contributed by atoms with van der Waals surface area (Å²) in [5, 5.41) is 13.3. The number of hydrogen-bond donors (Lipinski definition) is 2. The van der Waals surface area contributed by atoms with Gasteiger partial charge in [-0.25, -0.2) is 4.98 Å². The maximum atomic E-state index is 11.1. The molecule has 0 aromatic carbocycles. The molecule has 1 unspecified atom stereocenters. The van der Waals surface area contributed by atoms with Crippen LogP contribution in [0.4, 0.5) is 0 Å². The molecule has 108 valence electrons. The Kier molecular flexibility index (Phi) is 4.74. The van der Waals surface area contributed by atoms with Gasteiger partial charge in [-0.1, -0.05) is 13.8 Å². The second-order valence-corrected chi connectivity index (χ2v) is 5.41. The zero-order valence-electron chi connectivity index (χ0n) is 11.8. The minimum atomic E-state index is -0.752. The number of hydrogen-bond acceptors (Lipinski definition) is 4. The van der Waals surface area contributed by atoms with Crippen molar-refractivity contribution in [2.24, 2.45) is 11.8 Å². The van der Waals surface area contributed by atoms with Crippen molar-refractivity contribution in [3.63, 3.8) is 0 Å². The molecule has 0 saturated heterocycles. The topological polar surface area (TPSA) is 75.4 Å². The summed E-state index contributed by atoms with van der Waals surface area (Å²) in [7, 11) is 0. The smallest absolute Gasteiger partial charge is 0.307 e. The maximum Gasteiger partial charge on any atom is 0.307 e. The number of pyridine rings is 1. The van der Waals surface area contributed by atoms with Gasteiger partial charge in [-0.3, -0.25) is 4.79 Å². The van der Waals surface area contributed by atoms with E-state index in [1.54, 1.807) is 6.20 Å². The number of carbonyl (C=O) groups is 1. The molecule has 0 radical (unpaired) electrons. The molecule has 2 rings (SSSR count). The molecule has 20 heavy (non-hydrogen) atoms. The highest BCUT2D eigenvalue weighted by Crippen LogP contribution is 2.16. The predicted molar refractivity (Wildman–Crippen MR) is 76.3 cm³/mol. The van der Waals surface area contributed by atoms with E-state index in [1.807, 2.05) is 32.0 Å². The number of aliphatic carboxylic acids is 1. The highest BCUT2D eigenvalue weighted by atomic mass is 16.4. The summed E-state index contributed by atoms with van der Waals surface area (Å²) in [6.07, 6.45) is 2.36. The van der Waals surface area contributed by atoms with Gasteiger partial charge in [0.15, 0.2) is 0 Å². The molecule has 2 N–H and O–H groups in total. The quantitative estimate of drug-likeness (QED) is 0.813. The fourth-order valence-electron chi connectivity index (χ4n) is 2.22. The van der Waals surface area contributed by atoms with Gasteiger partial charge in [0.25, 0.3) is 0 Å². The van der Waals surface area contributed by atoms with Crippen LogP contribution in [0.2, 0.25) is 0 Å². The average molecular weight is 276 g/mol. The van der Waals surface area contributed by atoms with E-state index in [1.165, 1.54) is 0 Å². The molecule has 2 aromatic rings. The molecule has 1 atom stereocenters. The molecule has 0 aliphatic carbocycles. The lowest BCUT2D eigenvalue weighted by atomic mass is 9.97. The van der Waals surface area contributed by atoms with E-state index < -0.39 is 5.97 Å². The van der Waals surface area contributed by atoms with Crippen LogP contribution >= 0.6 is 0 Å². The van der Waals surface area contributed by atoms with Crippen LogP contribution in [-0.4, -0.2) is 22.6 Å². The van der Waals surface area contributed by atoms with Crippen molar-refractivity contribution in [1.82, 2.24) is 10.3 Å². The van der Waals surface area contributed by atoms with Crippen LogP contribution in [0.1, 0.15) is 26.0 Å². The average Bonchev–Trinajstić information content (AvgIpc) is 2.79. The van der Waals surface area contributed by atoms with Crippen molar-refractivity contribution in [3.8, 4) is 0 Å². The highest BCUT2D eigenvalue weighted by molar-refractivity contribution is 5.73. The first-order valence-electron chi connectivity index (χ1n) is 6.83. The SMILES string of the molecule is CC(C)CC(CNCc1cc2cccnc2o1)C(=O)O. The predicted octanol–water partition coefficient (Wildman–Crippen LogP) is 2.66. The van der Waals surface area contributed by atoms with Crippen LogP contribution in [-0.2, 0) is 11.3 Å². The summed E-state index contributed by atoms with van der Waals surface area (Å²) in [6, 6.07) is 5.72. The minimum Gasteiger partial charge on any atom is -0.481 e. The Morgan fingerprint density at radius 1 is 1.50 bits per heavy atom. The Morgan fingerprint density at radius 3 is 2.95 bits per heavy atom. The number of aromatic nitrogens is 1. The lowest BCUT2D eigenvalue weighted by Crippen LogP contribution is -2.29. The van der Waals surface area contributed by atoms with Crippen LogP contribution in [0, 0.1) is 11.8 Å². The van der Waals surface area contributed by atoms with E-state index in [9.17, 15) is 4.79 Å². The van der Waals surface area contributed by atoms with E-state index >= 15 is 0 Å². The summed E-state index contributed by atoms with van der Waals surface area (Å²) < 4.78 is 5.57. The zero-order chi connectivity index (χ0) is 14.5. The van der Waals surface area contributed by atoms with Crippen LogP contribution in [0.5, 0.6) is 0 Å². The molecule has 0 fully saturated rings. The van der Waals surface area contributed by atoms with Crippen LogP contribution in [0.25, 0.3) is 11.1 Å². The largest absolute Gasteiger partial charge is 0.481 e. The molecule has 0 spiro atoms. The van der Waals surface area contributed by atoms with Crippen molar-refractivity contribution in [2.45, 2.75) is 26.8 Å². The molecule has 0 aliphatic rings. The number of rotatable bonds is 7. The molecule has 2 aromatic heterocycles. The number of fused-ring (bicyclic) bond motifs is 1. The lowest BCUT2D eigenvalue weighted by molar-refractivity contribution is -0.142. The molecule has 0 amide bonds. The van der Waals surface area contributed by atoms with Gasteiger partial charge in [0.1, 0.15) is 5.76 Å². The van der Waals surface area contributed by atoms with Crippen molar-refractivity contribution in [3.05, 3.63) is 30.2 Å². The Bertz CT molecular complexity index is 544. The first-order chi connectivity index (χ1) is 9.56.